The van der Waals surface area contributed by atoms with Gasteiger partial charge in [0.25, 0.3) is 5.91 Å². The first kappa shape index (κ1) is 16.6. The molecule has 5 heteroatoms. The van der Waals surface area contributed by atoms with E-state index in [0.717, 1.165) is 25.1 Å². The summed E-state index contributed by atoms with van der Waals surface area (Å²) >= 11 is 0. The molecule has 2 N–H and O–H groups in total. The third-order valence-corrected chi connectivity index (χ3v) is 4.58. The quantitative estimate of drug-likeness (QED) is 0.874. The van der Waals surface area contributed by atoms with Gasteiger partial charge in [-0.1, -0.05) is 12.1 Å². The number of pyridine rings is 1. The Hall–Kier alpha value is -2.24. The second-order valence-electron chi connectivity index (χ2n) is 6.36. The summed E-state index contributed by atoms with van der Waals surface area (Å²) in [6.07, 6.45) is 4.16. The van der Waals surface area contributed by atoms with Crippen LogP contribution in [0.1, 0.15) is 21.5 Å². The molecule has 1 aliphatic heterocycles. The van der Waals surface area contributed by atoms with Crippen LogP contribution in [0, 0.1) is 5.92 Å². The summed E-state index contributed by atoms with van der Waals surface area (Å²) in [4.78, 5) is 17.9. The molecule has 1 aromatic carbocycles. The van der Waals surface area contributed by atoms with Gasteiger partial charge in [0.1, 0.15) is 0 Å². The number of aliphatic hydroxyl groups excluding tert-OH is 1. The molecule has 2 aromatic rings. The first-order valence-electron chi connectivity index (χ1n) is 8.26. The zero-order chi connectivity index (χ0) is 16.9. The number of amides is 1. The lowest BCUT2D eigenvalue weighted by Crippen LogP contribution is -2.21. The highest BCUT2D eigenvalue weighted by Gasteiger charge is 2.31. The Kier molecular flexibility index (Phi) is 5.23. The fourth-order valence-corrected chi connectivity index (χ4v) is 3.26. The van der Waals surface area contributed by atoms with Crippen molar-refractivity contribution in [3.8, 4) is 0 Å². The molecule has 0 bridgehead atoms. The number of aromatic nitrogens is 1. The van der Waals surface area contributed by atoms with Crippen molar-refractivity contribution in [2.24, 2.45) is 5.92 Å². The monoisotopic (exact) mass is 325 g/mol. The first-order chi connectivity index (χ1) is 11.7. The molecule has 24 heavy (non-hydrogen) atoms. The number of hydrogen-bond acceptors (Lipinski definition) is 4. The van der Waals surface area contributed by atoms with Gasteiger partial charge in [-0.05, 0) is 41.8 Å². The van der Waals surface area contributed by atoms with E-state index >= 15 is 0 Å². The maximum Gasteiger partial charge on any atom is 0.251 e. The van der Waals surface area contributed by atoms with E-state index < -0.39 is 0 Å². The van der Waals surface area contributed by atoms with E-state index in [4.69, 9.17) is 0 Å². The largest absolute Gasteiger partial charge is 0.391 e. The number of nitrogens with zero attached hydrogens (tertiary/aromatic N) is 2. The third kappa shape index (κ3) is 3.99. The molecule has 1 fully saturated rings. The molecule has 0 saturated carbocycles. The predicted molar refractivity (Wildman–Crippen MR) is 92.5 cm³/mol. The standard InChI is InChI=1S/C19H23N3O2/c1-20-19(24)16-4-2-15(3-5-16)11-22-12-17(18(23)13-22)10-14-6-8-21-9-7-14/h2-9,17-18,23H,10-13H2,1H3,(H,20,24)/t17-,18-/m1/s1. The van der Waals surface area contributed by atoms with Crippen LogP contribution in [-0.4, -0.2) is 47.1 Å². The fraction of sp³-hybridized carbons (Fsp3) is 0.368. The molecule has 0 radical (unpaired) electrons. The molecule has 0 aliphatic carbocycles. The van der Waals surface area contributed by atoms with Gasteiger partial charge < -0.3 is 10.4 Å². The second-order valence-corrected chi connectivity index (χ2v) is 6.36. The Balaban J connectivity index is 1.58. The van der Waals surface area contributed by atoms with Crippen molar-refractivity contribution >= 4 is 5.91 Å². The minimum Gasteiger partial charge on any atom is -0.391 e. The van der Waals surface area contributed by atoms with Crippen LogP contribution >= 0.6 is 0 Å². The van der Waals surface area contributed by atoms with Gasteiger partial charge in [0.05, 0.1) is 6.10 Å². The molecular weight excluding hydrogens is 302 g/mol. The van der Waals surface area contributed by atoms with Crippen LogP contribution in [0.25, 0.3) is 0 Å². The van der Waals surface area contributed by atoms with Crippen LogP contribution in [0.3, 0.4) is 0 Å². The highest BCUT2D eigenvalue weighted by molar-refractivity contribution is 5.93. The topological polar surface area (TPSA) is 65.5 Å². The molecule has 1 saturated heterocycles. The predicted octanol–water partition coefficient (Wildman–Crippen LogP) is 1.48. The van der Waals surface area contributed by atoms with Crippen LogP contribution in [-0.2, 0) is 13.0 Å². The lowest BCUT2D eigenvalue weighted by molar-refractivity contribution is 0.0963. The second kappa shape index (κ2) is 7.55. The molecule has 126 valence electrons. The van der Waals surface area contributed by atoms with Crippen molar-refractivity contribution in [3.63, 3.8) is 0 Å². The van der Waals surface area contributed by atoms with E-state index in [1.54, 1.807) is 19.4 Å². The number of carbonyl (C=O) groups is 1. The number of nitrogens with one attached hydrogen (secondary N) is 1. The summed E-state index contributed by atoms with van der Waals surface area (Å²) in [5.74, 6) is 0.174. The van der Waals surface area contributed by atoms with E-state index in [0.29, 0.717) is 12.1 Å². The Morgan fingerprint density at radius 3 is 2.54 bits per heavy atom. The molecular formula is C19H23N3O2. The molecule has 2 heterocycles. The van der Waals surface area contributed by atoms with Crippen LogP contribution in [0.4, 0.5) is 0 Å². The Bertz CT molecular complexity index is 673. The number of aliphatic hydroxyl groups is 1. The van der Waals surface area contributed by atoms with E-state index in [1.165, 1.54) is 5.56 Å². The van der Waals surface area contributed by atoms with Crippen molar-refractivity contribution < 1.29 is 9.90 Å². The van der Waals surface area contributed by atoms with E-state index in [-0.39, 0.29) is 17.9 Å². The number of hydrogen-bond donors (Lipinski definition) is 2. The van der Waals surface area contributed by atoms with Gasteiger partial charge in [-0.15, -0.1) is 0 Å². The summed E-state index contributed by atoms with van der Waals surface area (Å²) in [6.45, 7) is 2.35. The van der Waals surface area contributed by atoms with Crippen molar-refractivity contribution in [3.05, 3.63) is 65.5 Å². The van der Waals surface area contributed by atoms with Gasteiger partial charge in [0.15, 0.2) is 0 Å². The van der Waals surface area contributed by atoms with Crippen LogP contribution in [0.15, 0.2) is 48.8 Å². The lowest BCUT2D eigenvalue weighted by atomic mass is 9.97. The van der Waals surface area contributed by atoms with Crippen LogP contribution < -0.4 is 5.32 Å². The van der Waals surface area contributed by atoms with Crippen molar-refractivity contribution in [2.45, 2.75) is 19.1 Å². The summed E-state index contributed by atoms with van der Waals surface area (Å²) < 4.78 is 0. The van der Waals surface area contributed by atoms with E-state index in [1.807, 2.05) is 36.4 Å². The molecule has 1 amide bonds. The zero-order valence-corrected chi connectivity index (χ0v) is 13.9. The Morgan fingerprint density at radius 2 is 1.88 bits per heavy atom. The number of carbonyl (C=O) groups excluding carboxylic acids is 1. The average molecular weight is 325 g/mol. The molecule has 2 atom stereocenters. The average Bonchev–Trinajstić information content (AvgIpc) is 2.95. The van der Waals surface area contributed by atoms with E-state index in [2.05, 4.69) is 15.2 Å². The highest BCUT2D eigenvalue weighted by atomic mass is 16.3. The molecule has 0 unspecified atom stereocenters. The molecule has 3 rings (SSSR count). The number of rotatable bonds is 5. The van der Waals surface area contributed by atoms with Gasteiger partial charge in [0.2, 0.25) is 0 Å². The normalized spacial score (nSPS) is 20.9. The summed E-state index contributed by atoms with van der Waals surface area (Å²) in [6, 6.07) is 11.7. The maximum atomic E-state index is 11.6. The first-order valence-corrected chi connectivity index (χ1v) is 8.26. The van der Waals surface area contributed by atoms with Crippen molar-refractivity contribution in [1.82, 2.24) is 15.2 Å². The highest BCUT2D eigenvalue weighted by Crippen LogP contribution is 2.23. The van der Waals surface area contributed by atoms with Crippen molar-refractivity contribution in [2.75, 3.05) is 20.1 Å². The van der Waals surface area contributed by atoms with Gasteiger partial charge in [-0.25, -0.2) is 0 Å². The Labute approximate surface area is 142 Å². The number of likely N-dealkylation sites (tertiary alicyclic amines) is 1. The maximum absolute atomic E-state index is 11.6. The van der Waals surface area contributed by atoms with Gasteiger partial charge in [-0.3, -0.25) is 14.7 Å². The summed E-state index contributed by atoms with van der Waals surface area (Å²) in [5, 5.41) is 13.0. The number of β-amino-alcohol motifs (C(OH)–C–C–N with tert-alkyl or cyclic N) is 1. The fourth-order valence-electron chi connectivity index (χ4n) is 3.26. The molecule has 1 aromatic heterocycles. The SMILES string of the molecule is CNC(=O)c1ccc(CN2C[C@@H](Cc3ccncc3)[C@H](O)C2)cc1. The number of benzene rings is 1. The van der Waals surface area contributed by atoms with Gasteiger partial charge >= 0.3 is 0 Å². The smallest absolute Gasteiger partial charge is 0.251 e. The van der Waals surface area contributed by atoms with Crippen LogP contribution in [0.2, 0.25) is 0 Å². The lowest BCUT2D eigenvalue weighted by Gasteiger charge is -2.16. The Morgan fingerprint density at radius 1 is 1.17 bits per heavy atom. The summed E-state index contributed by atoms with van der Waals surface area (Å²) in [5.41, 5.74) is 3.03. The summed E-state index contributed by atoms with van der Waals surface area (Å²) in [7, 11) is 1.63. The third-order valence-electron chi connectivity index (χ3n) is 4.58. The van der Waals surface area contributed by atoms with Gasteiger partial charge in [0, 0.05) is 50.6 Å². The van der Waals surface area contributed by atoms with E-state index in [9.17, 15) is 9.90 Å². The zero-order valence-electron chi connectivity index (χ0n) is 13.9. The minimum absolute atomic E-state index is 0.0736. The minimum atomic E-state index is -0.302. The van der Waals surface area contributed by atoms with Crippen LogP contribution in [0.5, 0.6) is 0 Å². The molecule has 1 aliphatic rings. The molecule has 5 nitrogen and oxygen atoms in total. The molecule has 0 spiro atoms. The van der Waals surface area contributed by atoms with Crippen molar-refractivity contribution in [1.29, 1.82) is 0 Å². The van der Waals surface area contributed by atoms with Gasteiger partial charge in [-0.2, -0.15) is 0 Å².